The predicted octanol–water partition coefficient (Wildman–Crippen LogP) is 2.65. The lowest BCUT2D eigenvalue weighted by atomic mass is 9.99. The molecule has 0 radical (unpaired) electrons. The van der Waals surface area contributed by atoms with Gasteiger partial charge in [0, 0.05) is 11.9 Å². The van der Waals surface area contributed by atoms with E-state index in [1.54, 1.807) is 12.3 Å². The van der Waals surface area contributed by atoms with Crippen LogP contribution in [-0.2, 0) is 0 Å². The van der Waals surface area contributed by atoms with E-state index in [0.29, 0.717) is 5.92 Å². The smallest absolute Gasteiger partial charge is 0.338 e. The molecule has 1 aromatic heterocycles. The molecule has 0 amide bonds. The number of carbonyl (C=O) groups is 1. The first-order valence-electron chi connectivity index (χ1n) is 4.65. The zero-order chi connectivity index (χ0) is 10.8. The molecule has 1 atom stereocenters. The van der Waals surface area contributed by atoms with Crippen LogP contribution in [0.25, 0.3) is 0 Å². The minimum Gasteiger partial charge on any atom is -0.478 e. The van der Waals surface area contributed by atoms with Gasteiger partial charge in [-0.15, -0.1) is 0 Å². The van der Waals surface area contributed by atoms with Crippen LogP contribution in [0.2, 0.25) is 5.15 Å². The number of halogens is 1. The quantitative estimate of drug-likeness (QED) is 0.812. The molecule has 0 saturated carbocycles. The van der Waals surface area contributed by atoms with Crippen LogP contribution in [0.1, 0.15) is 28.3 Å². The second kappa shape index (κ2) is 4.41. The maximum atomic E-state index is 10.9. The summed E-state index contributed by atoms with van der Waals surface area (Å²) in [4.78, 5) is 14.8. The lowest BCUT2D eigenvalue weighted by Crippen LogP contribution is -2.04. The lowest BCUT2D eigenvalue weighted by molar-refractivity contribution is 0.0696. The number of hydrogen-bond donors (Lipinski definition) is 1. The van der Waals surface area contributed by atoms with Gasteiger partial charge in [-0.2, -0.15) is 11.8 Å². The molecule has 1 fully saturated rings. The number of pyridine rings is 1. The fourth-order valence-electron chi connectivity index (χ4n) is 1.63. The van der Waals surface area contributed by atoms with Crippen molar-refractivity contribution in [3.63, 3.8) is 0 Å². The Labute approximate surface area is 96.9 Å². The van der Waals surface area contributed by atoms with Crippen molar-refractivity contribution in [1.82, 2.24) is 4.98 Å². The Balaban J connectivity index is 2.33. The van der Waals surface area contributed by atoms with Gasteiger partial charge >= 0.3 is 5.97 Å². The number of carboxylic acid groups (broad SMARTS) is 1. The second-order valence-electron chi connectivity index (χ2n) is 3.47. The first-order valence-corrected chi connectivity index (χ1v) is 6.18. The highest BCUT2D eigenvalue weighted by Gasteiger charge is 2.20. The van der Waals surface area contributed by atoms with E-state index in [0.717, 1.165) is 23.5 Å². The van der Waals surface area contributed by atoms with Crippen molar-refractivity contribution in [2.24, 2.45) is 0 Å². The molecule has 0 aliphatic carbocycles. The summed E-state index contributed by atoms with van der Waals surface area (Å²) < 4.78 is 0. The van der Waals surface area contributed by atoms with Crippen molar-refractivity contribution in [3.8, 4) is 0 Å². The molecule has 2 rings (SSSR count). The standard InChI is InChI=1S/C10H10ClNO2S/c11-9-8(10(13)14)3-7(4-12-9)6-1-2-15-5-6/h3-4,6H,1-2,5H2,(H,13,14). The van der Waals surface area contributed by atoms with E-state index in [9.17, 15) is 4.79 Å². The molecule has 0 bridgehead atoms. The van der Waals surface area contributed by atoms with Crippen molar-refractivity contribution in [1.29, 1.82) is 0 Å². The van der Waals surface area contributed by atoms with Crippen LogP contribution in [0, 0.1) is 0 Å². The lowest BCUT2D eigenvalue weighted by Gasteiger charge is -2.09. The number of aromatic carboxylic acids is 1. The van der Waals surface area contributed by atoms with Crippen molar-refractivity contribution in [2.45, 2.75) is 12.3 Å². The molecule has 1 aliphatic rings. The van der Waals surface area contributed by atoms with Crippen LogP contribution in [0.4, 0.5) is 0 Å². The van der Waals surface area contributed by atoms with E-state index in [-0.39, 0.29) is 10.7 Å². The van der Waals surface area contributed by atoms with Crippen LogP contribution in [-0.4, -0.2) is 27.6 Å². The molecule has 1 saturated heterocycles. The number of aromatic nitrogens is 1. The molecule has 1 aliphatic heterocycles. The van der Waals surface area contributed by atoms with Gasteiger partial charge in [0.25, 0.3) is 0 Å². The zero-order valence-corrected chi connectivity index (χ0v) is 9.51. The van der Waals surface area contributed by atoms with E-state index in [1.165, 1.54) is 0 Å². The van der Waals surface area contributed by atoms with Crippen molar-refractivity contribution >= 4 is 29.3 Å². The van der Waals surface area contributed by atoms with Gasteiger partial charge in [0.15, 0.2) is 0 Å². The predicted molar refractivity (Wildman–Crippen MR) is 60.9 cm³/mol. The Kier molecular flexibility index (Phi) is 3.17. The van der Waals surface area contributed by atoms with E-state index in [4.69, 9.17) is 16.7 Å². The van der Waals surface area contributed by atoms with E-state index in [1.807, 2.05) is 11.8 Å². The van der Waals surface area contributed by atoms with Crippen LogP contribution >= 0.6 is 23.4 Å². The molecule has 2 heterocycles. The van der Waals surface area contributed by atoms with Gasteiger partial charge in [-0.1, -0.05) is 11.6 Å². The zero-order valence-electron chi connectivity index (χ0n) is 7.94. The minimum absolute atomic E-state index is 0.0666. The van der Waals surface area contributed by atoms with Crippen LogP contribution in [0.5, 0.6) is 0 Å². The molecule has 1 N–H and O–H groups in total. The summed E-state index contributed by atoms with van der Waals surface area (Å²) >= 11 is 7.59. The summed E-state index contributed by atoms with van der Waals surface area (Å²) in [7, 11) is 0. The summed E-state index contributed by atoms with van der Waals surface area (Å²) in [5, 5.41) is 8.97. The maximum absolute atomic E-state index is 10.9. The fourth-order valence-corrected chi connectivity index (χ4v) is 3.08. The van der Waals surface area contributed by atoms with E-state index >= 15 is 0 Å². The highest BCUT2D eigenvalue weighted by molar-refractivity contribution is 7.99. The second-order valence-corrected chi connectivity index (χ2v) is 4.98. The molecule has 0 aromatic carbocycles. The molecule has 1 unspecified atom stereocenters. The summed E-state index contributed by atoms with van der Waals surface area (Å²) in [6, 6.07) is 1.65. The first-order chi connectivity index (χ1) is 7.18. The van der Waals surface area contributed by atoms with Crippen LogP contribution < -0.4 is 0 Å². The highest BCUT2D eigenvalue weighted by atomic mass is 35.5. The first kappa shape index (κ1) is 10.8. The van der Waals surface area contributed by atoms with Gasteiger partial charge in [0.05, 0.1) is 5.56 Å². The molecular weight excluding hydrogens is 234 g/mol. The maximum Gasteiger partial charge on any atom is 0.338 e. The molecule has 80 valence electrons. The Morgan fingerprint density at radius 2 is 2.47 bits per heavy atom. The number of thioether (sulfide) groups is 1. The molecule has 0 spiro atoms. The van der Waals surface area contributed by atoms with E-state index in [2.05, 4.69) is 4.98 Å². The average molecular weight is 244 g/mol. The minimum atomic E-state index is -1.01. The van der Waals surface area contributed by atoms with Crippen molar-refractivity contribution in [3.05, 3.63) is 28.5 Å². The summed E-state index contributed by atoms with van der Waals surface area (Å²) in [6.07, 6.45) is 2.78. The summed E-state index contributed by atoms with van der Waals surface area (Å²) in [5.74, 6) is 1.59. The normalized spacial score (nSPS) is 20.5. The number of hydrogen-bond acceptors (Lipinski definition) is 3. The van der Waals surface area contributed by atoms with Gasteiger partial charge in [-0.05, 0) is 29.7 Å². The van der Waals surface area contributed by atoms with Gasteiger partial charge < -0.3 is 5.11 Å². The van der Waals surface area contributed by atoms with Gasteiger partial charge in [-0.25, -0.2) is 9.78 Å². The SMILES string of the molecule is O=C(O)c1cc(C2CCSC2)cnc1Cl. The van der Waals surface area contributed by atoms with Gasteiger partial charge in [-0.3, -0.25) is 0 Å². The largest absolute Gasteiger partial charge is 0.478 e. The summed E-state index contributed by atoms with van der Waals surface area (Å²) in [5.41, 5.74) is 1.09. The Morgan fingerprint density at radius 1 is 1.67 bits per heavy atom. The average Bonchev–Trinajstić information content (AvgIpc) is 2.71. The van der Waals surface area contributed by atoms with Crippen molar-refractivity contribution < 1.29 is 9.90 Å². The van der Waals surface area contributed by atoms with Crippen molar-refractivity contribution in [2.75, 3.05) is 11.5 Å². The van der Waals surface area contributed by atoms with Gasteiger partial charge in [0.1, 0.15) is 5.15 Å². The Bertz CT molecular complexity index is 391. The molecule has 3 nitrogen and oxygen atoms in total. The topological polar surface area (TPSA) is 50.2 Å². The van der Waals surface area contributed by atoms with Crippen LogP contribution in [0.3, 0.4) is 0 Å². The Hall–Kier alpha value is -0.740. The van der Waals surface area contributed by atoms with Gasteiger partial charge in [0.2, 0.25) is 0 Å². The highest BCUT2D eigenvalue weighted by Crippen LogP contribution is 2.33. The number of nitrogens with zero attached hydrogens (tertiary/aromatic N) is 1. The third-order valence-electron chi connectivity index (χ3n) is 2.49. The third-order valence-corrected chi connectivity index (χ3v) is 3.96. The molecule has 1 aromatic rings. The van der Waals surface area contributed by atoms with E-state index < -0.39 is 5.97 Å². The monoisotopic (exact) mass is 243 g/mol. The molecular formula is C10H10ClNO2S. The molecule has 15 heavy (non-hydrogen) atoms. The van der Waals surface area contributed by atoms with Crippen LogP contribution in [0.15, 0.2) is 12.3 Å². The fraction of sp³-hybridized carbons (Fsp3) is 0.400. The summed E-state index contributed by atoms with van der Waals surface area (Å²) in [6.45, 7) is 0. The Morgan fingerprint density at radius 3 is 3.07 bits per heavy atom. The number of carboxylic acids is 1. The third kappa shape index (κ3) is 2.26. The number of rotatable bonds is 2. The molecule has 5 heteroatoms.